The number of hydrogen-bond acceptors (Lipinski definition) is 6. The van der Waals surface area contributed by atoms with E-state index in [2.05, 4.69) is 26.4 Å². The van der Waals surface area contributed by atoms with Crippen LogP contribution in [0.25, 0.3) is 0 Å². The number of amides is 1. The maximum Gasteiger partial charge on any atom is 0.220 e. The van der Waals surface area contributed by atoms with E-state index in [1.165, 1.54) is 0 Å². The highest BCUT2D eigenvalue weighted by Gasteiger charge is 2.39. The van der Waals surface area contributed by atoms with E-state index >= 15 is 0 Å². The number of rotatable bonds is 11. The van der Waals surface area contributed by atoms with Crippen LogP contribution in [-0.4, -0.2) is 23.2 Å². The molecule has 0 radical (unpaired) electrons. The van der Waals surface area contributed by atoms with Gasteiger partial charge in [0.05, 0.1) is 6.61 Å². The fraction of sp³-hybridized carbons (Fsp3) is 0.364. The molecule has 0 fully saturated rings. The summed E-state index contributed by atoms with van der Waals surface area (Å²) in [4.78, 5) is 16.4. The lowest BCUT2D eigenvalue weighted by atomic mass is 10.0. The van der Waals surface area contributed by atoms with Gasteiger partial charge >= 0.3 is 0 Å². The van der Waals surface area contributed by atoms with Gasteiger partial charge in [0.1, 0.15) is 0 Å². The molecule has 0 aliphatic carbocycles. The second-order valence-corrected chi connectivity index (χ2v) is 6.65. The van der Waals surface area contributed by atoms with Crippen molar-refractivity contribution in [2.45, 2.75) is 44.8 Å². The fourth-order valence-electron chi connectivity index (χ4n) is 2.77. The van der Waals surface area contributed by atoms with Gasteiger partial charge in [0.15, 0.2) is 17.2 Å². The monoisotopic (exact) mass is 392 g/mol. The van der Waals surface area contributed by atoms with Crippen molar-refractivity contribution in [2.24, 2.45) is 10.2 Å². The van der Waals surface area contributed by atoms with E-state index in [9.17, 15) is 4.79 Å². The smallest absolute Gasteiger partial charge is 0.220 e. The molecule has 3 rings (SSSR count). The summed E-state index contributed by atoms with van der Waals surface area (Å²) < 4.78 is 11.3. The third-order valence-corrected chi connectivity index (χ3v) is 4.46. The topological polar surface area (TPSA) is 85.2 Å². The lowest BCUT2D eigenvalue weighted by Gasteiger charge is -2.11. The maximum absolute atomic E-state index is 12.1. The van der Waals surface area contributed by atoms with Crippen LogP contribution in [-0.2, 0) is 11.3 Å². The quantitative estimate of drug-likeness (QED) is 0.580. The first-order chi connectivity index (χ1) is 14.1. The summed E-state index contributed by atoms with van der Waals surface area (Å²) in [5, 5.41) is 11.0. The molecule has 2 heterocycles. The normalized spacial score (nSPS) is 13.4. The van der Waals surface area contributed by atoms with Crippen LogP contribution in [0.1, 0.15) is 38.2 Å². The van der Waals surface area contributed by atoms with Gasteiger partial charge in [0.25, 0.3) is 0 Å². The molecule has 0 spiro atoms. The molecule has 0 bridgehead atoms. The SMILES string of the molecule is C#CCCC1(CCC(=O)NCc2ccc(Oc3ccccc3OCC)nc2)N=N1. The summed E-state index contributed by atoms with van der Waals surface area (Å²) in [5.41, 5.74) is 0.453. The minimum absolute atomic E-state index is 0.0478. The molecule has 0 saturated carbocycles. The molecule has 7 heteroatoms. The number of carbonyl (C=O) groups is 1. The minimum atomic E-state index is -0.429. The Kier molecular flexibility index (Phi) is 6.80. The summed E-state index contributed by atoms with van der Waals surface area (Å²) in [6, 6.07) is 11.1. The Morgan fingerprint density at radius 1 is 1.17 bits per heavy atom. The van der Waals surface area contributed by atoms with Gasteiger partial charge < -0.3 is 14.8 Å². The fourth-order valence-corrected chi connectivity index (χ4v) is 2.77. The van der Waals surface area contributed by atoms with Crippen molar-refractivity contribution in [3.8, 4) is 29.7 Å². The molecule has 1 amide bonds. The third kappa shape index (κ3) is 6.04. The molecule has 0 atom stereocenters. The number of para-hydroxylation sites is 2. The van der Waals surface area contributed by atoms with Crippen LogP contribution in [0.4, 0.5) is 0 Å². The molecular weight excluding hydrogens is 368 g/mol. The predicted molar refractivity (Wildman–Crippen MR) is 109 cm³/mol. The second kappa shape index (κ2) is 9.69. The van der Waals surface area contributed by atoms with Crippen LogP contribution >= 0.6 is 0 Å². The van der Waals surface area contributed by atoms with Crippen molar-refractivity contribution < 1.29 is 14.3 Å². The van der Waals surface area contributed by atoms with Crippen LogP contribution in [0.15, 0.2) is 52.8 Å². The van der Waals surface area contributed by atoms with E-state index in [1.807, 2.05) is 37.3 Å². The van der Waals surface area contributed by atoms with Crippen LogP contribution < -0.4 is 14.8 Å². The summed E-state index contributed by atoms with van der Waals surface area (Å²) in [5.74, 6) is 4.27. The Hall–Kier alpha value is -3.40. The van der Waals surface area contributed by atoms with Gasteiger partial charge in [-0.1, -0.05) is 18.2 Å². The number of terminal acetylenes is 1. The molecular formula is C22H24N4O3. The van der Waals surface area contributed by atoms with Gasteiger partial charge in [-0.3, -0.25) is 4.79 Å². The molecule has 1 aromatic carbocycles. The number of carbonyl (C=O) groups excluding carboxylic acids is 1. The lowest BCUT2D eigenvalue weighted by molar-refractivity contribution is -0.121. The minimum Gasteiger partial charge on any atom is -0.490 e. The van der Waals surface area contributed by atoms with Gasteiger partial charge in [0, 0.05) is 44.5 Å². The largest absolute Gasteiger partial charge is 0.490 e. The molecule has 0 saturated heterocycles. The number of hydrogen-bond donors (Lipinski definition) is 1. The van der Waals surface area contributed by atoms with Crippen molar-refractivity contribution in [2.75, 3.05) is 6.61 Å². The van der Waals surface area contributed by atoms with Gasteiger partial charge in [-0.25, -0.2) is 4.98 Å². The molecule has 1 N–H and O–H groups in total. The first-order valence-electron chi connectivity index (χ1n) is 9.63. The van der Waals surface area contributed by atoms with Crippen molar-refractivity contribution in [3.63, 3.8) is 0 Å². The number of nitrogens with zero attached hydrogens (tertiary/aromatic N) is 3. The van der Waals surface area contributed by atoms with E-state index in [4.69, 9.17) is 15.9 Å². The van der Waals surface area contributed by atoms with Crippen molar-refractivity contribution in [3.05, 3.63) is 48.2 Å². The Labute approximate surface area is 170 Å². The molecule has 29 heavy (non-hydrogen) atoms. The summed E-state index contributed by atoms with van der Waals surface area (Å²) >= 11 is 0. The Bertz CT molecular complexity index is 897. The number of ether oxygens (including phenoxy) is 2. The van der Waals surface area contributed by atoms with Crippen molar-refractivity contribution in [1.82, 2.24) is 10.3 Å². The highest BCUT2D eigenvalue weighted by molar-refractivity contribution is 5.76. The van der Waals surface area contributed by atoms with E-state index in [1.54, 1.807) is 12.3 Å². The Morgan fingerprint density at radius 3 is 2.62 bits per heavy atom. The van der Waals surface area contributed by atoms with Gasteiger partial charge in [-0.2, -0.15) is 10.2 Å². The zero-order chi connectivity index (χ0) is 20.5. The second-order valence-electron chi connectivity index (χ2n) is 6.65. The van der Waals surface area contributed by atoms with Crippen LogP contribution in [0, 0.1) is 12.3 Å². The average molecular weight is 392 g/mol. The van der Waals surface area contributed by atoms with Crippen molar-refractivity contribution in [1.29, 1.82) is 0 Å². The molecule has 1 aromatic heterocycles. The zero-order valence-electron chi connectivity index (χ0n) is 16.4. The van der Waals surface area contributed by atoms with Gasteiger partial charge in [0.2, 0.25) is 11.8 Å². The lowest BCUT2D eigenvalue weighted by Crippen LogP contribution is -2.24. The van der Waals surface area contributed by atoms with E-state index < -0.39 is 5.66 Å². The van der Waals surface area contributed by atoms with Gasteiger partial charge in [-0.05, 0) is 24.6 Å². The van der Waals surface area contributed by atoms with E-state index in [0.29, 0.717) is 56.2 Å². The summed E-state index contributed by atoms with van der Waals surface area (Å²) in [6.07, 6.45) is 9.22. The number of nitrogens with one attached hydrogen (secondary N) is 1. The summed E-state index contributed by atoms with van der Waals surface area (Å²) in [7, 11) is 0. The Balaban J connectivity index is 1.45. The number of benzene rings is 1. The highest BCUT2D eigenvalue weighted by Crippen LogP contribution is 2.37. The standard InChI is InChI=1S/C22H24N4O3/c1-3-5-13-22(25-26-22)14-12-20(27)23-15-17-10-11-21(24-16-17)29-19-9-7-6-8-18(19)28-4-2/h1,6-11,16H,4-5,12-15H2,2H3,(H,23,27). The van der Waals surface area contributed by atoms with Crippen molar-refractivity contribution >= 4 is 5.91 Å². The van der Waals surface area contributed by atoms with E-state index in [0.717, 1.165) is 5.56 Å². The molecule has 2 aromatic rings. The molecule has 150 valence electrons. The first-order valence-corrected chi connectivity index (χ1v) is 9.63. The summed E-state index contributed by atoms with van der Waals surface area (Å²) in [6.45, 7) is 2.87. The number of pyridine rings is 1. The number of aromatic nitrogens is 1. The molecule has 1 aliphatic heterocycles. The van der Waals surface area contributed by atoms with Crippen LogP contribution in [0.5, 0.6) is 17.4 Å². The predicted octanol–water partition coefficient (Wildman–Crippen LogP) is 4.24. The molecule has 1 aliphatic rings. The highest BCUT2D eigenvalue weighted by atomic mass is 16.5. The molecule has 0 unspecified atom stereocenters. The average Bonchev–Trinajstić information content (AvgIpc) is 3.52. The maximum atomic E-state index is 12.1. The third-order valence-electron chi connectivity index (χ3n) is 4.46. The zero-order valence-corrected chi connectivity index (χ0v) is 16.4. The van der Waals surface area contributed by atoms with E-state index in [-0.39, 0.29) is 5.91 Å². The molecule has 7 nitrogen and oxygen atoms in total. The van der Waals surface area contributed by atoms with Crippen LogP contribution in [0.2, 0.25) is 0 Å². The Morgan fingerprint density at radius 2 is 1.97 bits per heavy atom. The van der Waals surface area contributed by atoms with Gasteiger partial charge in [-0.15, -0.1) is 12.3 Å². The van der Waals surface area contributed by atoms with Crippen LogP contribution in [0.3, 0.4) is 0 Å². The first kappa shape index (κ1) is 20.3.